The Morgan fingerprint density at radius 3 is 2.23 bits per heavy atom. The molecule has 0 radical (unpaired) electrons. The molecule has 0 saturated carbocycles. The van der Waals surface area contributed by atoms with E-state index in [2.05, 4.69) is 54.9 Å². The Labute approximate surface area is 231 Å². The van der Waals surface area contributed by atoms with E-state index in [1.807, 2.05) is 72.5 Å². The number of aromatic nitrogens is 1. The summed E-state index contributed by atoms with van der Waals surface area (Å²) < 4.78 is 2.17. The quantitative estimate of drug-likeness (QED) is 0.238. The smallest absolute Gasteiger partial charge is 0.247 e. The molecular formula is C34H37N3O2. The minimum atomic E-state index is -0.290. The van der Waals surface area contributed by atoms with Gasteiger partial charge in [0.2, 0.25) is 11.8 Å². The van der Waals surface area contributed by atoms with Crippen molar-refractivity contribution in [3.63, 3.8) is 0 Å². The molecule has 2 unspecified atom stereocenters. The van der Waals surface area contributed by atoms with Crippen LogP contribution in [0.1, 0.15) is 67.5 Å². The third-order valence-corrected chi connectivity index (χ3v) is 7.71. The molecule has 0 aliphatic carbocycles. The number of anilines is 1. The standard InChI is InChI=1S/C34H37N3O2/c1-4-6-22-35(34(39)28(5-2)26-13-8-7-9-14-26)24-32(38)37-30-16-11-10-15-29(30)36-23-12-17-31(36)33(37)27-20-18-25(3)19-21-27/h7-21,23,28,33H,4-6,22,24H2,1-3H3. The molecule has 5 nitrogen and oxygen atoms in total. The highest BCUT2D eigenvalue weighted by Crippen LogP contribution is 2.42. The van der Waals surface area contributed by atoms with Crippen LogP contribution in [0.2, 0.25) is 0 Å². The minimum Gasteiger partial charge on any atom is -0.333 e. The van der Waals surface area contributed by atoms with Crippen LogP contribution in [0.4, 0.5) is 5.69 Å². The molecule has 39 heavy (non-hydrogen) atoms. The first kappa shape index (κ1) is 26.5. The number of unbranched alkanes of at least 4 members (excludes halogenated alkanes) is 1. The van der Waals surface area contributed by atoms with Crippen LogP contribution < -0.4 is 4.90 Å². The van der Waals surface area contributed by atoms with Gasteiger partial charge in [0, 0.05) is 12.7 Å². The van der Waals surface area contributed by atoms with E-state index >= 15 is 0 Å². The maximum absolute atomic E-state index is 14.4. The van der Waals surface area contributed by atoms with Crippen molar-refractivity contribution in [3.8, 4) is 5.69 Å². The molecule has 2 atom stereocenters. The first-order valence-corrected chi connectivity index (χ1v) is 14.0. The minimum absolute atomic E-state index is 0.0195. The van der Waals surface area contributed by atoms with Gasteiger partial charge in [0.05, 0.1) is 23.0 Å². The molecule has 0 bridgehead atoms. The van der Waals surface area contributed by atoms with Crippen LogP contribution in [-0.4, -0.2) is 34.4 Å². The van der Waals surface area contributed by atoms with Crippen LogP contribution in [0.15, 0.2) is 97.2 Å². The number of para-hydroxylation sites is 2. The monoisotopic (exact) mass is 519 g/mol. The van der Waals surface area contributed by atoms with Crippen LogP contribution in [0.5, 0.6) is 0 Å². The zero-order chi connectivity index (χ0) is 27.4. The van der Waals surface area contributed by atoms with Crippen molar-refractivity contribution in [2.75, 3.05) is 18.0 Å². The topological polar surface area (TPSA) is 45.6 Å². The number of carbonyl (C=O) groups excluding carboxylic acids is 2. The zero-order valence-corrected chi connectivity index (χ0v) is 23.1. The summed E-state index contributed by atoms with van der Waals surface area (Å²) in [5.41, 5.74) is 6.08. The highest BCUT2D eigenvalue weighted by molar-refractivity contribution is 6.01. The van der Waals surface area contributed by atoms with Gasteiger partial charge < -0.3 is 9.47 Å². The molecule has 2 heterocycles. The second-order valence-corrected chi connectivity index (χ2v) is 10.4. The Morgan fingerprint density at radius 2 is 1.54 bits per heavy atom. The second kappa shape index (κ2) is 11.7. The van der Waals surface area contributed by atoms with Crippen molar-refractivity contribution in [2.45, 2.75) is 52.0 Å². The first-order valence-electron chi connectivity index (χ1n) is 14.0. The van der Waals surface area contributed by atoms with Gasteiger partial charge in [-0.25, -0.2) is 0 Å². The van der Waals surface area contributed by atoms with Crippen molar-refractivity contribution < 1.29 is 9.59 Å². The Morgan fingerprint density at radius 1 is 0.846 bits per heavy atom. The number of rotatable bonds is 9. The summed E-state index contributed by atoms with van der Waals surface area (Å²) in [6, 6.07) is 30.2. The number of carbonyl (C=O) groups is 2. The Bertz CT molecular complexity index is 1420. The lowest BCUT2D eigenvalue weighted by Crippen LogP contribution is -2.48. The number of amides is 2. The van der Waals surface area contributed by atoms with E-state index in [1.165, 1.54) is 5.56 Å². The summed E-state index contributed by atoms with van der Waals surface area (Å²) in [7, 11) is 0. The predicted molar refractivity (Wildman–Crippen MR) is 157 cm³/mol. The summed E-state index contributed by atoms with van der Waals surface area (Å²) in [4.78, 5) is 32.0. The van der Waals surface area contributed by atoms with Gasteiger partial charge in [-0.15, -0.1) is 0 Å². The van der Waals surface area contributed by atoms with Crippen molar-refractivity contribution in [1.29, 1.82) is 0 Å². The summed E-state index contributed by atoms with van der Waals surface area (Å²) in [6.07, 6.45) is 4.54. The molecule has 1 aliphatic heterocycles. The Balaban J connectivity index is 1.53. The van der Waals surface area contributed by atoms with Crippen molar-refractivity contribution in [2.24, 2.45) is 0 Å². The summed E-state index contributed by atoms with van der Waals surface area (Å²) >= 11 is 0. The molecule has 1 aromatic heterocycles. The van der Waals surface area contributed by atoms with Crippen LogP contribution in [0, 0.1) is 6.92 Å². The Hall–Kier alpha value is -4.12. The average Bonchev–Trinajstić information content (AvgIpc) is 3.46. The maximum atomic E-state index is 14.4. The van der Waals surface area contributed by atoms with Crippen LogP contribution in [0.3, 0.4) is 0 Å². The van der Waals surface area contributed by atoms with Gasteiger partial charge in [-0.1, -0.05) is 92.6 Å². The van der Waals surface area contributed by atoms with E-state index in [9.17, 15) is 9.59 Å². The number of hydrogen-bond donors (Lipinski definition) is 0. The third kappa shape index (κ3) is 5.26. The highest BCUT2D eigenvalue weighted by atomic mass is 16.2. The molecular weight excluding hydrogens is 482 g/mol. The number of hydrogen-bond acceptors (Lipinski definition) is 2. The number of fused-ring (bicyclic) bond motifs is 3. The van der Waals surface area contributed by atoms with Crippen molar-refractivity contribution >= 4 is 17.5 Å². The molecule has 4 aromatic rings. The summed E-state index contributed by atoms with van der Waals surface area (Å²) in [5.74, 6) is -0.325. The van der Waals surface area contributed by atoms with Crippen LogP contribution in [0.25, 0.3) is 5.69 Å². The number of aryl methyl sites for hydroxylation is 1. The molecule has 2 amide bonds. The molecule has 5 heteroatoms. The molecule has 3 aromatic carbocycles. The molecule has 200 valence electrons. The highest BCUT2D eigenvalue weighted by Gasteiger charge is 2.37. The fourth-order valence-electron chi connectivity index (χ4n) is 5.64. The van der Waals surface area contributed by atoms with E-state index in [4.69, 9.17) is 0 Å². The van der Waals surface area contributed by atoms with E-state index in [-0.39, 0.29) is 30.3 Å². The summed E-state index contributed by atoms with van der Waals surface area (Å²) in [5, 5.41) is 0. The SMILES string of the molecule is CCCCN(CC(=O)N1c2ccccc2-n2cccc2C1c1ccc(C)cc1)C(=O)C(CC)c1ccccc1. The lowest BCUT2D eigenvalue weighted by atomic mass is 9.94. The van der Waals surface area contributed by atoms with E-state index in [1.54, 1.807) is 4.90 Å². The summed E-state index contributed by atoms with van der Waals surface area (Å²) in [6.45, 7) is 6.82. The molecule has 5 rings (SSSR count). The lowest BCUT2D eigenvalue weighted by molar-refractivity contribution is -0.136. The van der Waals surface area contributed by atoms with Crippen LogP contribution >= 0.6 is 0 Å². The number of nitrogens with zero attached hydrogens (tertiary/aromatic N) is 3. The van der Waals surface area contributed by atoms with Gasteiger partial charge in [-0.05, 0) is 55.2 Å². The molecule has 0 N–H and O–H groups in total. The van der Waals surface area contributed by atoms with E-state index in [0.29, 0.717) is 13.0 Å². The lowest BCUT2D eigenvalue weighted by Gasteiger charge is -2.40. The Kier molecular flexibility index (Phi) is 7.97. The molecule has 0 saturated heterocycles. The normalized spacial score (nSPS) is 14.8. The largest absolute Gasteiger partial charge is 0.333 e. The average molecular weight is 520 g/mol. The van der Waals surface area contributed by atoms with E-state index < -0.39 is 0 Å². The third-order valence-electron chi connectivity index (χ3n) is 7.71. The van der Waals surface area contributed by atoms with Crippen molar-refractivity contribution in [3.05, 3.63) is 120 Å². The van der Waals surface area contributed by atoms with Gasteiger partial charge in [-0.2, -0.15) is 0 Å². The fraction of sp³-hybridized carbons (Fsp3) is 0.294. The second-order valence-electron chi connectivity index (χ2n) is 10.4. The molecule has 0 spiro atoms. The number of benzene rings is 3. The molecule has 1 aliphatic rings. The molecule has 0 fully saturated rings. The van der Waals surface area contributed by atoms with Gasteiger partial charge in [-0.3, -0.25) is 14.5 Å². The fourth-order valence-corrected chi connectivity index (χ4v) is 5.64. The van der Waals surface area contributed by atoms with Crippen LogP contribution in [-0.2, 0) is 9.59 Å². The van der Waals surface area contributed by atoms with Gasteiger partial charge in [0.1, 0.15) is 12.6 Å². The van der Waals surface area contributed by atoms with E-state index in [0.717, 1.165) is 41.0 Å². The maximum Gasteiger partial charge on any atom is 0.247 e. The van der Waals surface area contributed by atoms with Crippen molar-refractivity contribution in [1.82, 2.24) is 9.47 Å². The van der Waals surface area contributed by atoms with Gasteiger partial charge >= 0.3 is 0 Å². The van der Waals surface area contributed by atoms with Gasteiger partial charge in [0.25, 0.3) is 0 Å². The zero-order valence-electron chi connectivity index (χ0n) is 23.1. The first-order chi connectivity index (χ1) is 19.0. The predicted octanol–water partition coefficient (Wildman–Crippen LogP) is 7.04. The van der Waals surface area contributed by atoms with Gasteiger partial charge in [0.15, 0.2) is 0 Å².